The van der Waals surface area contributed by atoms with Crippen molar-refractivity contribution in [3.8, 4) is 0 Å². The smallest absolute Gasteiger partial charge is 0.340 e. The van der Waals surface area contributed by atoms with Gasteiger partial charge in [0.05, 0.1) is 24.1 Å². The van der Waals surface area contributed by atoms with E-state index < -0.39 is 0 Å². The lowest BCUT2D eigenvalue weighted by molar-refractivity contribution is 0.0529. The van der Waals surface area contributed by atoms with Crippen molar-refractivity contribution in [2.24, 2.45) is 0 Å². The average Bonchev–Trinajstić information content (AvgIpc) is 2.92. The van der Waals surface area contributed by atoms with E-state index in [2.05, 4.69) is 15.3 Å². The van der Waals surface area contributed by atoms with E-state index in [-0.39, 0.29) is 5.97 Å². The van der Waals surface area contributed by atoms with Gasteiger partial charge < -0.3 is 15.0 Å². The second-order valence-electron chi connectivity index (χ2n) is 5.52. The second-order valence-corrected chi connectivity index (χ2v) is 5.52. The number of carbonyl (C=O) groups is 1. The Bertz CT molecular complexity index is 629. The first-order chi connectivity index (χ1) is 10.3. The molecule has 2 heterocycles. The first-order valence-corrected chi connectivity index (χ1v) is 7.68. The third-order valence-electron chi connectivity index (χ3n) is 4.00. The minimum atomic E-state index is -0.305. The Labute approximate surface area is 124 Å². The standard InChI is InChI=1S/C16H21N3O2/c1-2-21-16(20)14-10-18-15-13(14)8-12(9-17-15)19-11-6-4-3-5-7-11/h8-11,19H,2-7H2,1H3,(H,17,18). The minimum absolute atomic E-state index is 0.305. The summed E-state index contributed by atoms with van der Waals surface area (Å²) in [5.74, 6) is -0.305. The zero-order chi connectivity index (χ0) is 14.7. The van der Waals surface area contributed by atoms with Gasteiger partial charge in [-0.1, -0.05) is 19.3 Å². The number of fused-ring (bicyclic) bond motifs is 1. The van der Waals surface area contributed by atoms with E-state index in [0.717, 1.165) is 11.1 Å². The Kier molecular flexibility index (Phi) is 4.08. The zero-order valence-electron chi connectivity index (χ0n) is 12.3. The maximum absolute atomic E-state index is 11.9. The van der Waals surface area contributed by atoms with E-state index in [4.69, 9.17) is 4.74 Å². The Morgan fingerprint density at radius 2 is 2.24 bits per heavy atom. The van der Waals surface area contributed by atoms with E-state index in [1.165, 1.54) is 32.1 Å². The van der Waals surface area contributed by atoms with Crippen LogP contribution in [0.5, 0.6) is 0 Å². The number of pyridine rings is 1. The number of aromatic nitrogens is 2. The van der Waals surface area contributed by atoms with Crippen LogP contribution >= 0.6 is 0 Å². The van der Waals surface area contributed by atoms with Gasteiger partial charge in [-0.3, -0.25) is 0 Å². The minimum Gasteiger partial charge on any atom is -0.462 e. The molecule has 2 aromatic rings. The first-order valence-electron chi connectivity index (χ1n) is 7.68. The molecule has 0 spiro atoms. The summed E-state index contributed by atoms with van der Waals surface area (Å²) in [6.45, 7) is 2.18. The van der Waals surface area contributed by atoms with Crippen molar-refractivity contribution in [2.75, 3.05) is 11.9 Å². The van der Waals surface area contributed by atoms with Gasteiger partial charge >= 0.3 is 5.97 Å². The summed E-state index contributed by atoms with van der Waals surface area (Å²) in [5, 5.41) is 4.35. The summed E-state index contributed by atoms with van der Waals surface area (Å²) < 4.78 is 5.08. The normalized spacial score (nSPS) is 16.0. The fourth-order valence-electron chi connectivity index (χ4n) is 2.94. The fourth-order valence-corrected chi connectivity index (χ4v) is 2.94. The van der Waals surface area contributed by atoms with Crippen LogP contribution in [-0.4, -0.2) is 28.6 Å². The lowest BCUT2D eigenvalue weighted by atomic mass is 9.95. The van der Waals surface area contributed by atoms with E-state index in [9.17, 15) is 4.79 Å². The number of carbonyl (C=O) groups excluding carboxylic acids is 1. The monoisotopic (exact) mass is 287 g/mol. The van der Waals surface area contributed by atoms with Gasteiger partial charge in [-0.05, 0) is 25.8 Å². The average molecular weight is 287 g/mol. The van der Waals surface area contributed by atoms with Crippen molar-refractivity contribution < 1.29 is 9.53 Å². The van der Waals surface area contributed by atoms with Crippen LogP contribution < -0.4 is 5.32 Å². The molecule has 0 aliphatic heterocycles. The molecule has 5 nitrogen and oxygen atoms in total. The Hall–Kier alpha value is -2.04. The van der Waals surface area contributed by atoms with Crippen molar-refractivity contribution in [3.05, 3.63) is 24.0 Å². The SMILES string of the molecule is CCOC(=O)c1c[nH]c2ncc(NC3CCCCC3)cc12. The molecule has 0 unspecified atom stereocenters. The van der Waals surface area contributed by atoms with Gasteiger partial charge in [0.15, 0.2) is 0 Å². The number of ether oxygens (including phenoxy) is 1. The molecule has 0 bridgehead atoms. The lowest BCUT2D eigenvalue weighted by Crippen LogP contribution is -2.22. The molecule has 1 fully saturated rings. The fraction of sp³-hybridized carbons (Fsp3) is 0.500. The summed E-state index contributed by atoms with van der Waals surface area (Å²) in [6, 6.07) is 2.50. The van der Waals surface area contributed by atoms with Gasteiger partial charge in [0, 0.05) is 17.6 Å². The van der Waals surface area contributed by atoms with Gasteiger partial charge in [-0.2, -0.15) is 0 Å². The van der Waals surface area contributed by atoms with Gasteiger partial charge in [0.2, 0.25) is 0 Å². The second kappa shape index (κ2) is 6.16. The number of nitrogens with zero attached hydrogens (tertiary/aromatic N) is 1. The van der Waals surface area contributed by atoms with E-state index in [1.807, 2.05) is 12.3 Å². The molecule has 3 rings (SSSR count). The molecule has 0 radical (unpaired) electrons. The molecule has 1 saturated carbocycles. The van der Waals surface area contributed by atoms with E-state index >= 15 is 0 Å². The summed E-state index contributed by atoms with van der Waals surface area (Å²) >= 11 is 0. The molecule has 5 heteroatoms. The summed E-state index contributed by atoms with van der Waals surface area (Å²) in [4.78, 5) is 19.3. The topological polar surface area (TPSA) is 67.0 Å². The van der Waals surface area contributed by atoms with Crippen LogP contribution in [0.1, 0.15) is 49.4 Å². The largest absolute Gasteiger partial charge is 0.462 e. The molecule has 0 saturated heterocycles. The van der Waals surface area contributed by atoms with E-state index in [1.54, 1.807) is 13.1 Å². The molecule has 1 aliphatic rings. The number of H-pyrrole nitrogens is 1. The third kappa shape index (κ3) is 3.01. The number of aromatic amines is 1. The summed E-state index contributed by atoms with van der Waals surface area (Å²) in [7, 11) is 0. The molecule has 112 valence electrons. The van der Waals surface area contributed by atoms with Gasteiger partial charge in [-0.15, -0.1) is 0 Å². The number of rotatable bonds is 4. The Morgan fingerprint density at radius 3 is 3.00 bits per heavy atom. The maximum atomic E-state index is 11.9. The Morgan fingerprint density at radius 1 is 1.43 bits per heavy atom. The van der Waals surface area contributed by atoms with Crippen LogP contribution in [0.15, 0.2) is 18.5 Å². The highest BCUT2D eigenvalue weighted by atomic mass is 16.5. The number of hydrogen-bond acceptors (Lipinski definition) is 4. The van der Waals surface area contributed by atoms with Crippen molar-refractivity contribution in [1.29, 1.82) is 0 Å². The molecule has 0 amide bonds. The van der Waals surface area contributed by atoms with Crippen molar-refractivity contribution in [1.82, 2.24) is 9.97 Å². The molecular weight excluding hydrogens is 266 g/mol. The first kappa shape index (κ1) is 13.9. The summed E-state index contributed by atoms with van der Waals surface area (Å²) in [5.41, 5.74) is 2.23. The van der Waals surface area contributed by atoms with Gasteiger partial charge in [-0.25, -0.2) is 9.78 Å². The van der Waals surface area contributed by atoms with Crippen molar-refractivity contribution in [3.63, 3.8) is 0 Å². The van der Waals surface area contributed by atoms with Gasteiger partial charge in [0.1, 0.15) is 5.65 Å². The molecule has 0 aromatic carbocycles. The van der Waals surface area contributed by atoms with Crippen LogP contribution in [0.25, 0.3) is 11.0 Å². The summed E-state index contributed by atoms with van der Waals surface area (Å²) in [6.07, 6.45) is 9.80. The predicted molar refractivity (Wildman–Crippen MR) is 82.5 cm³/mol. The highest BCUT2D eigenvalue weighted by Crippen LogP contribution is 2.25. The lowest BCUT2D eigenvalue weighted by Gasteiger charge is -2.23. The van der Waals surface area contributed by atoms with Crippen LogP contribution in [0.2, 0.25) is 0 Å². The van der Waals surface area contributed by atoms with Gasteiger partial charge in [0.25, 0.3) is 0 Å². The van der Waals surface area contributed by atoms with Crippen molar-refractivity contribution >= 4 is 22.7 Å². The van der Waals surface area contributed by atoms with Crippen LogP contribution in [0, 0.1) is 0 Å². The number of nitrogens with one attached hydrogen (secondary N) is 2. The number of anilines is 1. The quantitative estimate of drug-likeness (QED) is 0.845. The molecular formula is C16H21N3O2. The zero-order valence-corrected chi connectivity index (χ0v) is 12.3. The molecule has 1 aliphatic carbocycles. The van der Waals surface area contributed by atoms with Crippen LogP contribution in [0.4, 0.5) is 5.69 Å². The Balaban J connectivity index is 1.83. The third-order valence-corrected chi connectivity index (χ3v) is 4.00. The molecule has 2 aromatic heterocycles. The van der Waals surface area contributed by atoms with Crippen LogP contribution in [-0.2, 0) is 4.74 Å². The highest BCUT2D eigenvalue weighted by molar-refractivity contribution is 6.03. The highest BCUT2D eigenvalue weighted by Gasteiger charge is 2.16. The van der Waals surface area contributed by atoms with Crippen molar-refractivity contribution in [2.45, 2.75) is 45.1 Å². The maximum Gasteiger partial charge on any atom is 0.340 e. The molecule has 2 N–H and O–H groups in total. The molecule has 0 atom stereocenters. The number of hydrogen-bond donors (Lipinski definition) is 2. The predicted octanol–water partition coefficient (Wildman–Crippen LogP) is 3.48. The van der Waals surface area contributed by atoms with Crippen LogP contribution in [0.3, 0.4) is 0 Å². The number of esters is 1. The van der Waals surface area contributed by atoms with E-state index in [0.29, 0.717) is 23.9 Å². The molecule has 21 heavy (non-hydrogen) atoms.